The minimum atomic E-state index is 0.621. The van der Waals surface area contributed by atoms with E-state index < -0.39 is 0 Å². The minimum Gasteiger partial charge on any atom is -0.385 e. The number of benzene rings is 1. The normalized spacial score (nSPS) is 11.7. The van der Waals surface area contributed by atoms with Gasteiger partial charge in [0.2, 0.25) is 0 Å². The van der Waals surface area contributed by atoms with Crippen LogP contribution in [0.3, 0.4) is 0 Å². The second-order valence-electron chi connectivity index (χ2n) is 5.33. The second kappa shape index (κ2) is 7.41. The fourth-order valence-electron chi connectivity index (χ4n) is 2.31. The van der Waals surface area contributed by atoms with Crippen molar-refractivity contribution in [2.45, 2.75) is 27.3 Å². The van der Waals surface area contributed by atoms with Crippen LogP contribution in [0.4, 0.5) is 5.69 Å². The summed E-state index contributed by atoms with van der Waals surface area (Å²) in [5.41, 5.74) is 5.44. The van der Waals surface area contributed by atoms with Crippen LogP contribution in [0, 0.1) is 18.3 Å². The van der Waals surface area contributed by atoms with E-state index in [-0.39, 0.29) is 0 Å². The van der Waals surface area contributed by atoms with E-state index in [0.717, 1.165) is 28.2 Å². The Balaban J connectivity index is 2.42. The number of anilines is 1. The standard InChI is InChI=1S/C18H21N5/c1-5-8-21-14(3)11-23-12-17(20-4)18(22-23)16-9-15(10-19)7-6-13(16)2/h5-9,12,20H,11H2,1-4H3/b8-5-,21-14?. The lowest BCUT2D eigenvalue weighted by Crippen LogP contribution is -2.07. The number of aromatic nitrogens is 2. The Kier molecular flexibility index (Phi) is 5.32. The van der Waals surface area contributed by atoms with Gasteiger partial charge in [-0.1, -0.05) is 12.1 Å². The molecule has 0 unspecified atom stereocenters. The quantitative estimate of drug-likeness (QED) is 0.855. The molecule has 1 aromatic carbocycles. The minimum absolute atomic E-state index is 0.621. The van der Waals surface area contributed by atoms with E-state index in [1.54, 1.807) is 6.20 Å². The molecule has 118 valence electrons. The fourth-order valence-corrected chi connectivity index (χ4v) is 2.31. The van der Waals surface area contributed by atoms with E-state index >= 15 is 0 Å². The molecule has 0 saturated carbocycles. The SMILES string of the molecule is C/C=C\N=C(C)Cn1cc(NC)c(-c2cc(C#N)ccc2C)n1. The predicted octanol–water partition coefficient (Wildman–Crippen LogP) is 3.77. The summed E-state index contributed by atoms with van der Waals surface area (Å²) in [6.07, 6.45) is 5.63. The van der Waals surface area contributed by atoms with Crippen molar-refractivity contribution in [2.75, 3.05) is 12.4 Å². The molecule has 0 saturated heterocycles. The molecule has 0 atom stereocenters. The van der Waals surface area contributed by atoms with Gasteiger partial charge in [0.1, 0.15) is 5.69 Å². The van der Waals surface area contributed by atoms with Crippen LogP contribution in [0.25, 0.3) is 11.3 Å². The number of aryl methyl sites for hydroxylation is 1. The Morgan fingerprint density at radius 2 is 2.26 bits per heavy atom. The van der Waals surface area contributed by atoms with Crippen LogP contribution in [0.5, 0.6) is 0 Å². The van der Waals surface area contributed by atoms with Gasteiger partial charge in [-0.25, -0.2) is 0 Å². The number of nitrogens with zero attached hydrogens (tertiary/aromatic N) is 4. The topological polar surface area (TPSA) is 66.0 Å². The third kappa shape index (κ3) is 3.86. The lowest BCUT2D eigenvalue weighted by Gasteiger charge is -2.06. The molecule has 0 aliphatic carbocycles. The highest BCUT2D eigenvalue weighted by Crippen LogP contribution is 2.29. The van der Waals surface area contributed by atoms with Crippen molar-refractivity contribution >= 4 is 11.4 Å². The molecule has 5 nitrogen and oxygen atoms in total. The molecule has 5 heteroatoms. The van der Waals surface area contributed by atoms with Crippen molar-refractivity contribution in [3.63, 3.8) is 0 Å². The highest BCUT2D eigenvalue weighted by molar-refractivity contribution is 5.83. The maximum absolute atomic E-state index is 9.12. The van der Waals surface area contributed by atoms with Crippen LogP contribution in [0.1, 0.15) is 25.0 Å². The first-order valence-electron chi connectivity index (χ1n) is 7.49. The first-order valence-corrected chi connectivity index (χ1v) is 7.49. The number of hydrogen-bond acceptors (Lipinski definition) is 4. The number of allylic oxidation sites excluding steroid dienone is 1. The smallest absolute Gasteiger partial charge is 0.116 e. The second-order valence-corrected chi connectivity index (χ2v) is 5.33. The molecule has 0 radical (unpaired) electrons. The number of rotatable bonds is 5. The van der Waals surface area contributed by atoms with Gasteiger partial charge in [-0.3, -0.25) is 9.67 Å². The maximum Gasteiger partial charge on any atom is 0.116 e. The molecule has 0 aliphatic heterocycles. The molecule has 1 N–H and O–H groups in total. The summed E-state index contributed by atoms with van der Waals surface area (Å²) in [4.78, 5) is 4.33. The summed E-state index contributed by atoms with van der Waals surface area (Å²) in [6, 6.07) is 7.83. The van der Waals surface area contributed by atoms with Crippen molar-refractivity contribution in [3.8, 4) is 17.3 Å². The molecular formula is C18H21N5. The molecule has 2 aromatic rings. The lowest BCUT2D eigenvalue weighted by molar-refractivity contribution is 0.725. The van der Waals surface area contributed by atoms with Crippen molar-refractivity contribution < 1.29 is 0 Å². The van der Waals surface area contributed by atoms with Crippen molar-refractivity contribution in [3.05, 3.63) is 47.8 Å². The van der Waals surface area contributed by atoms with Gasteiger partial charge in [0.25, 0.3) is 0 Å². The van der Waals surface area contributed by atoms with Gasteiger partial charge < -0.3 is 5.32 Å². The van der Waals surface area contributed by atoms with Gasteiger partial charge in [-0.2, -0.15) is 10.4 Å². The van der Waals surface area contributed by atoms with Gasteiger partial charge in [0.15, 0.2) is 0 Å². The molecule has 2 rings (SSSR count). The predicted molar refractivity (Wildman–Crippen MR) is 94.6 cm³/mol. The fraction of sp³-hybridized carbons (Fsp3) is 0.278. The van der Waals surface area contributed by atoms with Gasteiger partial charge in [-0.15, -0.1) is 0 Å². The number of aliphatic imine (C=N–C) groups is 1. The molecule has 0 fully saturated rings. The highest BCUT2D eigenvalue weighted by Gasteiger charge is 2.13. The first-order chi connectivity index (χ1) is 11.1. The summed E-state index contributed by atoms with van der Waals surface area (Å²) >= 11 is 0. The first kappa shape index (κ1) is 16.5. The van der Waals surface area contributed by atoms with Crippen molar-refractivity contribution in [1.29, 1.82) is 5.26 Å². The molecule has 0 bridgehead atoms. The Morgan fingerprint density at radius 3 is 2.91 bits per heavy atom. The van der Waals surface area contributed by atoms with Crippen LogP contribution >= 0.6 is 0 Å². The summed E-state index contributed by atoms with van der Waals surface area (Å²) in [7, 11) is 1.87. The third-order valence-electron chi connectivity index (χ3n) is 3.49. The molecule has 1 aromatic heterocycles. The highest BCUT2D eigenvalue weighted by atomic mass is 15.3. The number of hydrogen-bond donors (Lipinski definition) is 1. The number of nitriles is 1. The van der Waals surface area contributed by atoms with Gasteiger partial charge in [0, 0.05) is 30.7 Å². The molecular weight excluding hydrogens is 286 g/mol. The van der Waals surface area contributed by atoms with Crippen LogP contribution in [0.2, 0.25) is 0 Å². The molecule has 0 aliphatic rings. The van der Waals surface area contributed by atoms with Crippen LogP contribution < -0.4 is 5.32 Å². The van der Waals surface area contributed by atoms with Crippen molar-refractivity contribution in [2.24, 2.45) is 4.99 Å². The van der Waals surface area contributed by atoms with E-state index in [0.29, 0.717) is 12.1 Å². The monoisotopic (exact) mass is 307 g/mol. The molecule has 0 amide bonds. The summed E-state index contributed by atoms with van der Waals surface area (Å²) in [5.74, 6) is 0. The maximum atomic E-state index is 9.12. The zero-order valence-electron chi connectivity index (χ0n) is 14.0. The Hall–Kier alpha value is -2.87. The summed E-state index contributed by atoms with van der Waals surface area (Å²) < 4.78 is 1.86. The van der Waals surface area contributed by atoms with Gasteiger partial charge in [-0.05, 0) is 38.5 Å². The van der Waals surface area contributed by atoms with E-state index in [1.165, 1.54) is 0 Å². The Bertz CT molecular complexity index is 790. The van der Waals surface area contributed by atoms with E-state index in [4.69, 9.17) is 5.26 Å². The van der Waals surface area contributed by atoms with E-state index in [1.807, 2.05) is 63.0 Å². The average molecular weight is 307 g/mol. The van der Waals surface area contributed by atoms with Crippen LogP contribution in [-0.2, 0) is 6.54 Å². The Labute approximate surface area is 137 Å². The van der Waals surface area contributed by atoms with Crippen LogP contribution in [0.15, 0.2) is 41.7 Å². The number of nitrogens with one attached hydrogen (secondary N) is 1. The zero-order valence-corrected chi connectivity index (χ0v) is 14.0. The molecule has 0 spiro atoms. The van der Waals surface area contributed by atoms with Gasteiger partial charge in [0.05, 0.1) is 23.9 Å². The Morgan fingerprint density at radius 1 is 1.48 bits per heavy atom. The zero-order chi connectivity index (χ0) is 16.8. The lowest BCUT2D eigenvalue weighted by atomic mass is 10.0. The largest absolute Gasteiger partial charge is 0.385 e. The van der Waals surface area contributed by atoms with E-state index in [9.17, 15) is 0 Å². The average Bonchev–Trinajstić information content (AvgIpc) is 2.96. The molecule has 23 heavy (non-hydrogen) atoms. The van der Waals surface area contributed by atoms with Crippen molar-refractivity contribution in [1.82, 2.24) is 9.78 Å². The van der Waals surface area contributed by atoms with E-state index in [2.05, 4.69) is 21.5 Å². The molecule has 1 heterocycles. The van der Waals surface area contributed by atoms with Crippen LogP contribution in [-0.4, -0.2) is 22.5 Å². The summed E-state index contributed by atoms with van der Waals surface area (Å²) in [5, 5.41) is 17.0. The van der Waals surface area contributed by atoms with Gasteiger partial charge >= 0.3 is 0 Å². The third-order valence-corrected chi connectivity index (χ3v) is 3.49. The summed E-state index contributed by atoms with van der Waals surface area (Å²) in [6.45, 7) is 6.55.